The topological polar surface area (TPSA) is 407 Å². The van der Waals surface area contributed by atoms with Gasteiger partial charge in [0.05, 0.1) is 30.9 Å². The number of carbonyl (C=O) groups excluding carboxylic acids is 9. The minimum absolute atomic E-state index is 0.148. The summed E-state index contributed by atoms with van der Waals surface area (Å²) in [5, 5.41) is 26.2. The number of nitrogens with two attached hydrogens (primary N) is 5. The number of aliphatic carboxylic acids is 2. The molecule has 1 saturated carbocycles. The summed E-state index contributed by atoms with van der Waals surface area (Å²) in [5.41, 5.74) is 24.5. The summed E-state index contributed by atoms with van der Waals surface area (Å²) in [6.45, 7) is 11.3. The normalized spacial score (nSPS) is 23.2. The van der Waals surface area contributed by atoms with Gasteiger partial charge in [0.25, 0.3) is 5.79 Å². The number of rotatable bonds is 15. The fourth-order valence-corrected chi connectivity index (χ4v) is 7.16. The van der Waals surface area contributed by atoms with Crippen molar-refractivity contribution in [3.8, 4) is 0 Å². The molecular weight excluding hydrogens is 848 g/mol. The number of nitrogens with zero attached hydrogens (tertiary/aromatic N) is 3. The SMILES string of the molecule is CC1(C)OC(=O)C2(CC2)C(=O)O1.CCC(C(N)=O)N1CCC(C(=O)O)C1=O.CCC(C(N)=O)N1CCC(CC(=O)O)C1=O.CCC(C(N)=O)N1CCC(CO)C1=O.CC[C@H](N)C(N)=O. The Balaban J connectivity index is 0.000000408. The zero-order chi connectivity index (χ0) is 49.4. The number of aliphatic hydroxyl groups is 1. The van der Waals surface area contributed by atoms with Crippen molar-refractivity contribution in [2.45, 2.75) is 136 Å². The van der Waals surface area contributed by atoms with Crippen molar-refractivity contribution in [3.63, 3.8) is 0 Å². The van der Waals surface area contributed by atoms with E-state index in [1.54, 1.807) is 27.7 Å². The summed E-state index contributed by atoms with van der Waals surface area (Å²) in [5.74, 6) is -8.89. The first-order chi connectivity index (χ1) is 29.7. The lowest BCUT2D eigenvalue weighted by Gasteiger charge is -2.32. The molecule has 5 fully saturated rings. The highest BCUT2D eigenvalue weighted by molar-refractivity contribution is 6.04. The van der Waals surface area contributed by atoms with Crippen LogP contribution in [0, 0.1) is 23.2 Å². The van der Waals surface area contributed by atoms with Crippen LogP contribution < -0.4 is 28.7 Å². The average Bonchev–Trinajstić information content (AvgIpc) is 3.68. The van der Waals surface area contributed by atoms with Gasteiger partial charge in [-0.3, -0.25) is 52.7 Å². The molecule has 0 aromatic carbocycles. The third kappa shape index (κ3) is 15.1. The van der Waals surface area contributed by atoms with Crippen LogP contribution >= 0.6 is 0 Å². The number of esters is 2. The van der Waals surface area contributed by atoms with E-state index in [-0.39, 0.29) is 43.7 Å². The van der Waals surface area contributed by atoms with Crippen LogP contribution in [0.25, 0.3) is 0 Å². The van der Waals surface area contributed by atoms with E-state index >= 15 is 0 Å². The van der Waals surface area contributed by atoms with Crippen molar-refractivity contribution < 1.29 is 77.5 Å². The number of cyclic esters (lactones) is 2. The zero-order valence-corrected chi connectivity index (χ0v) is 37.3. The number of amides is 7. The smallest absolute Gasteiger partial charge is 0.326 e. The average molecular weight is 915 g/mol. The second kappa shape index (κ2) is 24.8. The fourth-order valence-electron chi connectivity index (χ4n) is 7.16. The lowest BCUT2D eigenvalue weighted by molar-refractivity contribution is -0.242. The Hall–Kier alpha value is -5.91. The van der Waals surface area contributed by atoms with Gasteiger partial charge in [-0.2, -0.15) is 0 Å². The van der Waals surface area contributed by atoms with Gasteiger partial charge >= 0.3 is 23.9 Å². The van der Waals surface area contributed by atoms with E-state index in [0.717, 1.165) is 0 Å². The third-order valence-electron chi connectivity index (χ3n) is 11.2. The maximum atomic E-state index is 11.8. The van der Waals surface area contributed by atoms with Crippen molar-refractivity contribution >= 4 is 65.2 Å². The lowest BCUT2D eigenvalue weighted by atomic mass is 10.0. The molecule has 64 heavy (non-hydrogen) atoms. The van der Waals surface area contributed by atoms with E-state index < -0.39 is 101 Å². The molecule has 7 atom stereocenters. The maximum absolute atomic E-state index is 11.8. The minimum Gasteiger partial charge on any atom is -0.481 e. The van der Waals surface area contributed by atoms with Crippen LogP contribution in [-0.2, 0) is 62.2 Å². The minimum atomic E-state index is -1.14. The summed E-state index contributed by atoms with van der Waals surface area (Å²) in [7, 11) is 0. The van der Waals surface area contributed by atoms with E-state index in [4.69, 9.17) is 53.5 Å². The molecule has 4 saturated heterocycles. The highest BCUT2D eigenvalue weighted by atomic mass is 16.7. The molecule has 5 aliphatic rings. The summed E-state index contributed by atoms with van der Waals surface area (Å²) in [6, 6.07) is -2.26. The second-order valence-electron chi connectivity index (χ2n) is 16.2. The van der Waals surface area contributed by atoms with E-state index in [0.29, 0.717) is 64.5 Å². The monoisotopic (exact) mass is 914 g/mol. The van der Waals surface area contributed by atoms with Crippen LogP contribution in [0.1, 0.15) is 106 Å². The maximum Gasteiger partial charge on any atom is 0.326 e. The van der Waals surface area contributed by atoms with Crippen LogP contribution in [0.15, 0.2) is 0 Å². The zero-order valence-electron chi connectivity index (χ0n) is 37.3. The number of carboxylic acids is 2. The van der Waals surface area contributed by atoms with Gasteiger partial charge < -0.3 is 68.2 Å². The van der Waals surface area contributed by atoms with Crippen LogP contribution in [-0.4, -0.2) is 151 Å². The highest BCUT2D eigenvalue weighted by Crippen LogP contribution is 2.51. The second-order valence-corrected chi connectivity index (χ2v) is 16.2. The first-order valence-corrected chi connectivity index (χ1v) is 21.1. The molecule has 13 N–H and O–H groups in total. The number of hydrogen-bond donors (Lipinski definition) is 8. The van der Waals surface area contributed by atoms with E-state index in [1.807, 2.05) is 13.8 Å². The van der Waals surface area contributed by atoms with E-state index in [2.05, 4.69) is 0 Å². The van der Waals surface area contributed by atoms with Crippen molar-refractivity contribution in [2.75, 3.05) is 26.2 Å². The standard InChI is InChI=1S/C10H16N2O4.C9H14N2O4.C9H16N2O3.C8H10O4.C4H10N2O/c1-2-7(9(11)15)12-4-3-6(10(12)16)5-8(13)14;1-2-6(7(10)12)11-4-3-5(8(11)13)9(14)15;1-2-7(8(10)13)11-4-3-6(5-12)9(11)14;1-7(2)11-5(9)8(3-4-8)6(10)12-7;1-2-3(5)4(6)7/h6-7H,2-5H2,1H3,(H2,11,15)(H,13,14);5-6H,2-4H2,1H3,(H2,10,12)(H,14,15);6-7,12H,2-5H2,1H3,(H2,10,13);3-4H2,1-2H3;3H,2,5H2,1H3,(H2,6,7)/t;;;;3-/m....0/s1. The Morgan fingerprint density at radius 3 is 1.27 bits per heavy atom. The van der Waals surface area contributed by atoms with Gasteiger partial charge in [-0.25, -0.2) is 0 Å². The predicted molar refractivity (Wildman–Crippen MR) is 222 cm³/mol. The summed E-state index contributed by atoms with van der Waals surface area (Å²) >= 11 is 0. The molecule has 1 aliphatic carbocycles. The first-order valence-electron chi connectivity index (χ1n) is 21.1. The first kappa shape index (κ1) is 56.1. The van der Waals surface area contributed by atoms with Crippen molar-refractivity contribution in [2.24, 2.45) is 51.8 Å². The number of aliphatic hydroxyl groups excluding tert-OH is 1. The third-order valence-corrected chi connectivity index (χ3v) is 11.2. The van der Waals surface area contributed by atoms with Gasteiger partial charge in [-0.05, 0) is 57.8 Å². The fraction of sp³-hybridized carbons (Fsp3) is 0.725. The molecule has 0 bridgehead atoms. The summed E-state index contributed by atoms with van der Waals surface area (Å²) in [4.78, 5) is 126. The molecule has 4 heterocycles. The number of hydrogen-bond acceptors (Lipinski definition) is 15. The van der Waals surface area contributed by atoms with E-state index in [1.165, 1.54) is 14.7 Å². The number of ether oxygens (including phenoxy) is 2. The molecule has 362 valence electrons. The molecule has 4 aliphatic heterocycles. The molecule has 5 rings (SSSR count). The number of carboxylic acid groups (broad SMARTS) is 2. The van der Waals surface area contributed by atoms with Crippen LogP contribution in [0.5, 0.6) is 0 Å². The van der Waals surface area contributed by atoms with Gasteiger partial charge in [0, 0.05) is 33.5 Å². The highest BCUT2D eigenvalue weighted by Gasteiger charge is 2.64. The summed E-state index contributed by atoms with van der Waals surface area (Å²) < 4.78 is 9.88. The van der Waals surface area contributed by atoms with Gasteiger partial charge in [0.15, 0.2) is 5.41 Å². The van der Waals surface area contributed by atoms with Crippen molar-refractivity contribution in [3.05, 3.63) is 0 Å². The molecular formula is C40H66N8O16. The number of primary amides is 4. The van der Waals surface area contributed by atoms with Crippen LogP contribution in [0.3, 0.4) is 0 Å². The van der Waals surface area contributed by atoms with Gasteiger partial charge in [-0.1, -0.05) is 27.7 Å². The number of likely N-dealkylation sites (tertiary alicyclic amines) is 3. The Labute approximate surface area is 370 Å². The van der Waals surface area contributed by atoms with Gasteiger partial charge in [-0.15, -0.1) is 0 Å². The molecule has 0 aromatic rings. The van der Waals surface area contributed by atoms with E-state index in [9.17, 15) is 52.7 Å². The Morgan fingerprint density at radius 2 is 1.00 bits per heavy atom. The van der Waals surface area contributed by atoms with Gasteiger partial charge in [0.2, 0.25) is 41.4 Å². The molecule has 24 nitrogen and oxygen atoms in total. The molecule has 6 unspecified atom stereocenters. The van der Waals surface area contributed by atoms with Gasteiger partial charge in [0.1, 0.15) is 24.0 Å². The lowest BCUT2D eigenvalue weighted by Crippen LogP contribution is -2.47. The molecule has 24 heteroatoms. The van der Waals surface area contributed by atoms with Crippen LogP contribution in [0.4, 0.5) is 0 Å². The van der Waals surface area contributed by atoms with Crippen LogP contribution in [0.2, 0.25) is 0 Å². The summed E-state index contributed by atoms with van der Waals surface area (Å²) in [6.07, 6.45) is 4.32. The molecule has 1 spiro atoms. The Bertz CT molecular complexity index is 1730. The molecule has 0 radical (unpaired) electrons. The quantitative estimate of drug-likeness (QED) is 0.0630. The molecule has 0 aromatic heterocycles. The molecule has 7 amide bonds. The Kier molecular flexibility index (Phi) is 21.7. The van der Waals surface area contributed by atoms with Crippen molar-refractivity contribution in [1.82, 2.24) is 14.7 Å². The van der Waals surface area contributed by atoms with Crippen molar-refractivity contribution in [1.29, 1.82) is 0 Å². The predicted octanol–water partition coefficient (Wildman–Crippen LogP) is -2.34. The largest absolute Gasteiger partial charge is 0.481 e. The Morgan fingerprint density at radius 1 is 0.625 bits per heavy atom. The number of carbonyl (C=O) groups is 11.